The number of aryl methyl sites for hydroxylation is 1. The lowest BCUT2D eigenvalue weighted by molar-refractivity contribution is 0.800. The van der Waals surface area contributed by atoms with E-state index in [0.717, 1.165) is 17.6 Å². The van der Waals surface area contributed by atoms with Crippen LogP contribution in [0.1, 0.15) is 6.92 Å². The normalized spacial score (nSPS) is 10.9. The first-order valence-corrected chi connectivity index (χ1v) is 4.51. The van der Waals surface area contributed by atoms with Crippen molar-refractivity contribution in [3.05, 3.63) is 23.2 Å². The van der Waals surface area contributed by atoms with Gasteiger partial charge in [-0.05, 0) is 25.1 Å². The summed E-state index contributed by atoms with van der Waals surface area (Å²) >= 11 is 5.83. The minimum absolute atomic E-state index is 0.541. The summed E-state index contributed by atoms with van der Waals surface area (Å²) in [5, 5.41) is 0.688. The minimum Gasteiger partial charge on any atom is -0.369 e. The standard InChI is InChI=1S/C9H10ClN3/c1-2-13-8-4-3-6(10)5-7(8)12-9(13)11/h3-5H,2H2,1H3,(H2,11,12). The molecule has 1 aromatic carbocycles. The van der Waals surface area contributed by atoms with Crippen molar-refractivity contribution in [1.82, 2.24) is 9.55 Å². The maximum absolute atomic E-state index is 5.83. The van der Waals surface area contributed by atoms with Crippen molar-refractivity contribution in [1.29, 1.82) is 0 Å². The summed E-state index contributed by atoms with van der Waals surface area (Å²) < 4.78 is 1.95. The predicted molar refractivity (Wildman–Crippen MR) is 54.8 cm³/mol. The van der Waals surface area contributed by atoms with Crippen molar-refractivity contribution >= 4 is 28.6 Å². The second kappa shape index (κ2) is 2.92. The molecule has 3 nitrogen and oxygen atoms in total. The van der Waals surface area contributed by atoms with Crippen molar-refractivity contribution < 1.29 is 0 Å². The highest BCUT2D eigenvalue weighted by Gasteiger charge is 2.05. The SMILES string of the molecule is CCn1c(N)nc2cc(Cl)ccc21. The first-order chi connectivity index (χ1) is 6.22. The number of hydrogen-bond donors (Lipinski definition) is 1. The van der Waals surface area contributed by atoms with Crippen LogP contribution in [0.5, 0.6) is 0 Å². The van der Waals surface area contributed by atoms with E-state index in [9.17, 15) is 0 Å². The Kier molecular flexibility index (Phi) is 1.88. The smallest absolute Gasteiger partial charge is 0.201 e. The average Bonchev–Trinajstić information content (AvgIpc) is 2.39. The molecule has 0 bridgehead atoms. The molecule has 0 aliphatic carbocycles. The van der Waals surface area contributed by atoms with Crippen LogP contribution in [0.2, 0.25) is 5.02 Å². The van der Waals surface area contributed by atoms with Crippen LogP contribution in [0.15, 0.2) is 18.2 Å². The minimum atomic E-state index is 0.541. The molecule has 1 aromatic heterocycles. The first-order valence-electron chi connectivity index (χ1n) is 4.13. The number of aromatic nitrogens is 2. The van der Waals surface area contributed by atoms with Gasteiger partial charge in [-0.2, -0.15) is 0 Å². The van der Waals surface area contributed by atoms with Crippen LogP contribution in [0.3, 0.4) is 0 Å². The molecule has 0 amide bonds. The van der Waals surface area contributed by atoms with Gasteiger partial charge in [-0.15, -0.1) is 0 Å². The molecular weight excluding hydrogens is 186 g/mol. The molecule has 2 aromatic rings. The van der Waals surface area contributed by atoms with E-state index in [1.807, 2.05) is 29.7 Å². The summed E-state index contributed by atoms with van der Waals surface area (Å²) in [4.78, 5) is 4.20. The summed E-state index contributed by atoms with van der Waals surface area (Å²) in [7, 11) is 0. The fourth-order valence-corrected chi connectivity index (χ4v) is 1.62. The van der Waals surface area contributed by atoms with Crippen molar-refractivity contribution in [2.24, 2.45) is 0 Å². The largest absolute Gasteiger partial charge is 0.369 e. The zero-order valence-corrected chi connectivity index (χ0v) is 8.04. The van der Waals surface area contributed by atoms with Crippen molar-refractivity contribution in [3.63, 3.8) is 0 Å². The number of hydrogen-bond acceptors (Lipinski definition) is 2. The topological polar surface area (TPSA) is 43.8 Å². The highest BCUT2D eigenvalue weighted by molar-refractivity contribution is 6.31. The molecule has 0 spiro atoms. The maximum atomic E-state index is 5.83. The molecule has 2 N–H and O–H groups in total. The summed E-state index contributed by atoms with van der Waals surface area (Å²) in [6, 6.07) is 5.60. The van der Waals surface area contributed by atoms with Crippen LogP contribution < -0.4 is 5.73 Å². The molecule has 0 radical (unpaired) electrons. The number of fused-ring (bicyclic) bond motifs is 1. The number of imidazole rings is 1. The number of nitrogens with zero attached hydrogens (tertiary/aromatic N) is 2. The lowest BCUT2D eigenvalue weighted by Crippen LogP contribution is -2.00. The highest BCUT2D eigenvalue weighted by Crippen LogP contribution is 2.21. The Morgan fingerprint density at radius 2 is 2.31 bits per heavy atom. The van der Waals surface area contributed by atoms with E-state index in [0.29, 0.717) is 11.0 Å². The second-order valence-corrected chi connectivity index (χ2v) is 3.28. The molecule has 0 unspecified atom stereocenters. The van der Waals surface area contributed by atoms with Crippen LogP contribution in [0.25, 0.3) is 11.0 Å². The fraction of sp³-hybridized carbons (Fsp3) is 0.222. The van der Waals surface area contributed by atoms with E-state index in [4.69, 9.17) is 17.3 Å². The lowest BCUT2D eigenvalue weighted by atomic mass is 10.3. The third-order valence-corrected chi connectivity index (χ3v) is 2.29. The monoisotopic (exact) mass is 195 g/mol. The van der Waals surface area contributed by atoms with Crippen LogP contribution in [0.4, 0.5) is 5.95 Å². The van der Waals surface area contributed by atoms with Gasteiger partial charge >= 0.3 is 0 Å². The molecule has 0 atom stereocenters. The van der Waals surface area contributed by atoms with Crippen LogP contribution >= 0.6 is 11.6 Å². The molecule has 4 heteroatoms. The molecule has 0 saturated heterocycles. The number of halogens is 1. The van der Waals surface area contributed by atoms with Gasteiger partial charge in [0.05, 0.1) is 11.0 Å². The van der Waals surface area contributed by atoms with Crippen LogP contribution in [-0.2, 0) is 6.54 Å². The van der Waals surface area contributed by atoms with Gasteiger partial charge in [-0.25, -0.2) is 4.98 Å². The molecule has 2 rings (SSSR count). The van der Waals surface area contributed by atoms with Gasteiger partial charge in [0.15, 0.2) is 0 Å². The summed E-state index contributed by atoms with van der Waals surface area (Å²) in [5.41, 5.74) is 7.61. The number of nitrogen functional groups attached to an aromatic ring is 1. The summed E-state index contributed by atoms with van der Waals surface area (Å²) in [6.45, 7) is 2.86. The van der Waals surface area contributed by atoms with Crippen molar-refractivity contribution in [3.8, 4) is 0 Å². The summed E-state index contributed by atoms with van der Waals surface area (Å²) in [5.74, 6) is 0.541. The maximum Gasteiger partial charge on any atom is 0.201 e. The number of anilines is 1. The van der Waals surface area contributed by atoms with Gasteiger partial charge in [0.2, 0.25) is 5.95 Å². The molecular formula is C9H10ClN3. The van der Waals surface area contributed by atoms with E-state index in [1.54, 1.807) is 0 Å². The Labute approximate surface area is 81.1 Å². The van der Waals surface area contributed by atoms with Crippen molar-refractivity contribution in [2.45, 2.75) is 13.5 Å². The van der Waals surface area contributed by atoms with Gasteiger partial charge in [-0.3, -0.25) is 0 Å². The van der Waals surface area contributed by atoms with Crippen molar-refractivity contribution in [2.75, 3.05) is 5.73 Å². The predicted octanol–water partition coefficient (Wildman–Crippen LogP) is 2.29. The molecule has 0 aliphatic rings. The molecule has 0 fully saturated rings. The Morgan fingerprint density at radius 3 is 3.00 bits per heavy atom. The van der Waals surface area contributed by atoms with Gasteiger partial charge in [0.1, 0.15) is 0 Å². The van der Waals surface area contributed by atoms with E-state index < -0.39 is 0 Å². The molecule has 0 aliphatic heterocycles. The van der Waals surface area contributed by atoms with E-state index >= 15 is 0 Å². The van der Waals surface area contributed by atoms with E-state index in [-0.39, 0.29) is 0 Å². The quantitative estimate of drug-likeness (QED) is 0.759. The zero-order chi connectivity index (χ0) is 9.42. The van der Waals surface area contributed by atoms with Gasteiger partial charge in [-0.1, -0.05) is 11.6 Å². The number of benzene rings is 1. The van der Waals surface area contributed by atoms with Gasteiger partial charge in [0, 0.05) is 11.6 Å². The van der Waals surface area contributed by atoms with Gasteiger partial charge in [0.25, 0.3) is 0 Å². The Hall–Kier alpha value is -1.22. The average molecular weight is 196 g/mol. The van der Waals surface area contributed by atoms with Crippen LogP contribution in [-0.4, -0.2) is 9.55 Å². The highest BCUT2D eigenvalue weighted by atomic mass is 35.5. The Morgan fingerprint density at radius 1 is 1.54 bits per heavy atom. The van der Waals surface area contributed by atoms with E-state index in [2.05, 4.69) is 4.98 Å². The first kappa shape index (κ1) is 8.38. The Bertz CT molecular complexity index is 447. The Balaban J connectivity index is 2.79. The summed E-state index contributed by atoms with van der Waals surface area (Å²) in [6.07, 6.45) is 0. The van der Waals surface area contributed by atoms with Gasteiger partial charge < -0.3 is 10.3 Å². The molecule has 0 saturated carbocycles. The van der Waals surface area contributed by atoms with Crippen LogP contribution in [0, 0.1) is 0 Å². The number of nitrogens with two attached hydrogens (primary N) is 1. The number of rotatable bonds is 1. The molecule has 13 heavy (non-hydrogen) atoms. The van der Waals surface area contributed by atoms with E-state index in [1.165, 1.54) is 0 Å². The molecule has 1 heterocycles. The lowest BCUT2D eigenvalue weighted by Gasteiger charge is -2.00. The second-order valence-electron chi connectivity index (χ2n) is 2.85. The third kappa shape index (κ3) is 1.25. The molecule has 68 valence electrons. The zero-order valence-electron chi connectivity index (χ0n) is 7.29. The fourth-order valence-electron chi connectivity index (χ4n) is 1.45. The third-order valence-electron chi connectivity index (χ3n) is 2.06.